The average Bonchev–Trinajstić information content (AvgIpc) is 2.74. The zero-order valence-electron chi connectivity index (χ0n) is 20.0. The van der Waals surface area contributed by atoms with E-state index in [0.29, 0.717) is 6.61 Å². The van der Waals surface area contributed by atoms with E-state index in [1.165, 1.54) is 64.7 Å². The summed E-state index contributed by atoms with van der Waals surface area (Å²) < 4.78 is 4.89. The van der Waals surface area contributed by atoms with Crippen molar-refractivity contribution in [1.29, 1.82) is 0 Å². The zero-order chi connectivity index (χ0) is 22.5. The summed E-state index contributed by atoms with van der Waals surface area (Å²) >= 11 is 0. The first kappa shape index (κ1) is 30.3. The van der Waals surface area contributed by atoms with Crippen LogP contribution in [0.25, 0.3) is 0 Å². The van der Waals surface area contributed by atoms with E-state index < -0.39 is 0 Å². The quantitative estimate of drug-likeness (QED) is 0.110. The van der Waals surface area contributed by atoms with Gasteiger partial charge in [-0.25, -0.2) is 0 Å². The van der Waals surface area contributed by atoms with Crippen LogP contribution in [0.4, 0.5) is 0 Å². The lowest BCUT2D eigenvalue weighted by molar-refractivity contribution is -0.141. The molecule has 0 atom stereocenters. The molecule has 0 saturated carbocycles. The van der Waals surface area contributed by atoms with Crippen LogP contribution < -0.4 is 0 Å². The highest BCUT2D eigenvalue weighted by atomic mass is 16.5. The van der Waals surface area contributed by atoms with E-state index in [4.69, 9.17) is 11.2 Å². The lowest BCUT2D eigenvalue weighted by atomic mass is 10.1. The Morgan fingerprint density at radius 1 is 0.733 bits per heavy atom. The molecule has 0 aromatic rings. The second-order valence-corrected chi connectivity index (χ2v) is 7.37. The Hall–Kier alpha value is -1.93. The van der Waals surface area contributed by atoms with Crippen LogP contribution in [0.3, 0.4) is 0 Å². The summed E-state index contributed by atoms with van der Waals surface area (Å²) in [6, 6.07) is 0. The highest BCUT2D eigenvalue weighted by Gasteiger charge is 1.92. The number of hydrogen-bond donors (Lipinski definition) is 0. The number of carbonyl (C=O) groups is 1. The molecule has 0 radical (unpaired) electrons. The fourth-order valence-electron chi connectivity index (χ4n) is 2.50. The fourth-order valence-corrected chi connectivity index (χ4v) is 2.50. The molecule has 0 fully saturated rings. The van der Waals surface area contributed by atoms with Gasteiger partial charge in [-0.1, -0.05) is 70.3 Å². The molecule has 0 unspecified atom stereocenters. The molecule has 30 heavy (non-hydrogen) atoms. The van der Waals surface area contributed by atoms with Crippen molar-refractivity contribution in [3.63, 3.8) is 0 Å². The Labute approximate surface area is 187 Å². The van der Waals surface area contributed by atoms with E-state index in [0.717, 1.165) is 38.5 Å². The summed E-state index contributed by atoms with van der Waals surface area (Å²) in [5.74, 6) is 8.49. The van der Waals surface area contributed by atoms with Gasteiger partial charge < -0.3 is 4.74 Å². The van der Waals surface area contributed by atoms with Crippen LogP contribution >= 0.6 is 0 Å². The molecule has 0 bridgehead atoms. The Morgan fingerprint density at radius 3 is 1.90 bits per heavy atom. The normalized spacial score (nSPS) is 10.2. The van der Waals surface area contributed by atoms with Crippen LogP contribution in [0, 0.1) is 24.2 Å². The second-order valence-electron chi connectivity index (χ2n) is 7.37. The van der Waals surface area contributed by atoms with Crippen molar-refractivity contribution in [1.82, 2.24) is 0 Å². The molecule has 0 amide bonds. The van der Waals surface area contributed by atoms with E-state index in [9.17, 15) is 4.79 Å². The fraction of sp³-hybridized carbons (Fsp3) is 0.679. The smallest absolute Gasteiger partial charge is 0.302 e. The molecule has 0 spiro atoms. The van der Waals surface area contributed by atoms with Crippen LogP contribution in [0.5, 0.6) is 0 Å². The highest BCUT2D eigenvalue weighted by Crippen LogP contribution is 2.05. The van der Waals surface area contributed by atoms with Gasteiger partial charge in [0.1, 0.15) is 0 Å². The van der Waals surface area contributed by atoms with E-state index in [2.05, 4.69) is 55.9 Å². The number of hydrogen-bond acceptors (Lipinski definition) is 2. The summed E-state index contributed by atoms with van der Waals surface area (Å²) in [6.45, 7) is 6.44. The molecule has 170 valence electrons. The van der Waals surface area contributed by atoms with Gasteiger partial charge >= 0.3 is 5.97 Å². The van der Waals surface area contributed by atoms with Gasteiger partial charge in [0.15, 0.2) is 0 Å². The van der Waals surface area contributed by atoms with Crippen LogP contribution in [0.2, 0.25) is 0 Å². The molecule has 2 nitrogen and oxygen atoms in total. The number of carbonyl (C=O) groups excluding carboxylic acids is 1. The van der Waals surface area contributed by atoms with Crippen LogP contribution in [0.1, 0.15) is 117 Å². The van der Waals surface area contributed by atoms with Crippen molar-refractivity contribution >= 4 is 5.97 Å². The van der Waals surface area contributed by atoms with Gasteiger partial charge in [-0.2, -0.15) is 0 Å². The summed E-state index contributed by atoms with van der Waals surface area (Å²) in [4.78, 5) is 10.5. The minimum Gasteiger partial charge on any atom is -0.466 e. The molecule has 0 aliphatic heterocycles. The maximum Gasteiger partial charge on any atom is 0.302 e. The highest BCUT2D eigenvalue weighted by molar-refractivity contribution is 5.65. The third-order valence-corrected chi connectivity index (χ3v) is 4.30. The Morgan fingerprint density at radius 2 is 1.30 bits per heavy atom. The topological polar surface area (TPSA) is 26.3 Å². The molecule has 0 saturated heterocycles. The molecule has 0 aliphatic rings. The van der Waals surface area contributed by atoms with Gasteiger partial charge in [-0.3, -0.25) is 4.79 Å². The molecule has 0 aromatic heterocycles. The molecule has 0 aliphatic carbocycles. The van der Waals surface area contributed by atoms with Crippen LogP contribution in [-0.2, 0) is 9.53 Å². The van der Waals surface area contributed by atoms with Gasteiger partial charge in [0, 0.05) is 26.2 Å². The maximum atomic E-state index is 10.5. The van der Waals surface area contributed by atoms with Gasteiger partial charge in [0.2, 0.25) is 0 Å². The number of terminal acetylenes is 1. The molecule has 0 N–H and O–H groups in total. The van der Waals surface area contributed by atoms with Gasteiger partial charge in [0.25, 0.3) is 0 Å². The standard InChI is InChI=1S/C18H32O2.C10H14/c1-3-4-5-6-7-8-9-10-11-12-13-14-15-16-17-20-18(2)19;1-3-5-7-9-10-8-6-4-2/h6-7,10-11H,3-5,8-9,12-17H2,1-2H3;1H,4-8H2,2H3/b7-6-,11-10-;. The van der Waals surface area contributed by atoms with E-state index >= 15 is 0 Å². The van der Waals surface area contributed by atoms with Crippen molar-refractivity contribution < 1.29 is 9.53 Å². The third kappa shape index (κ3) is 33.6. The summed E-state index contributed by atoms with van der Waals surface area (Å²) in [6.07, 6.45) is 31.3. The summed E-state index contributed by atoms with van der Waals surface area (Å²) in [5, 5.41) is 0. The SMILES string of the molecule is C#CCCC#CCCCC.CCCC/C=C\CC/C=C\CCCCCCOC(C)=O. The molecular formula is C28H46O2. The molecule has 0 heterocycles. The molecular weight excluding hydrogens is 368 g/mol. The average molecular weight is 415 g/mol. The van der Waals surface area contributed by atoms with Crippen molar-refractivity contribution in [3.8, 4) is 24.2 Å². The zero-order valence-corrected chi connectivity index (χ0v) is 20.0. The van der Waals surface area contributed by atoms with Crippen molar-refractivity contribution in [2.24, 2.45) is 0 Å². The minimum absolute atomic E-state index is 0.170. The number of allylic oxidation sites excluding steroid dienone is 4. The number of ether oxygens (including phenoxy) is 1. The molecule has 0 rings (SSSR count). The predicted octanol–water partition coefficient (Wildman–Crippen LogP) is 8.18. The Bertz CT molecular complexity index is 511. The minimum atomic E-state index is -0.170. The number of unbranched alkanes of at least 4 members (excludes halogenated alkanes) is 10. The first-order chi connectivity index (χ1) is 14.7. The van der Waals surface area contributed by atoms with E-state index in [1.807, 2.05) is 0 Å². The van der Waals surface area contributed by atoms with E-state index in [-0.39, 0.29) is 5.97 Å². The van der Waals surface area contributed by atoms with Crippen LogP contribution in [-0.4, -0.2) is 12.6 Å². The predicted molar refractivity (Wildman–Crippen MR) is 132 cm³/mol. The first-order valence-electron chi connectivity index (χ1n) is 12.0. The van der Waals surface area contributed by atoms with Crippen molar-refractivity contribution in [2.45, 2.75) is 117 Å². The molecule has 0 aromatic carbocycles. The number of esters is 1. The van der Waals surface area contributed by atoms with Gasteiger partial charge in [-0.15, -0.1) is 24.2 Å². The first-order valence-corrected chi connectivity index (χ1v) is 12.0. The van der Waals surface area contributed by atoms with Crippen LogP contribution in [0.15, 0.2) is 24.3 Å². The van der Waals surface area contributed by atoms with Crippen molar-refractivity contribution in [3.05, 3.63) is 24.3 Å². The third-order valence-electron chi connectivity index (χ3n) is 4.30. The maximum absolute atomic E-state index is 10.5. The summed E-state index contributed by atoms with van der Waals surface area (Å²) in [5.41, 5.74) is 0. The molecule has 2 heteroatoms. The van der Waals surface area contributed by atoms with Crippen molar-refractivity contribution in [2.75, 3.05) is 6.61 Å². The monoisotopic (exact) mass is 414 g/mol. The van der Waals surface area contributed by atoms with Gasteiger partial charge in [0.05, 0.1) is 6.61 Å². The number of rotatable bonds is 16. The van der Waals surface area contributed by atoms with E-state index in [1.54, 1.807) is 0 Å². The largest absolute Gasteiger partial charge is 0.466 e. The van der Waals surface area contributed by atoms with Gasteiger partial charge in [-0.05, 0) is 44.9 Å². The lowest BCUT2D eigenvalue weighted by Gasteiger charge is -2.00. The summed E-state index contributed by atoms with van der Waals surface area (Å²) in [7, 11) is 0. The Kier molecular flexibility index (Phi) is 29.5. The Balaban J connectivity index is 0. The lowest BCUT2D eigenvalue weighted by Crippen LogP contribution is -1.99. The second kappa shape index (κ2) is 29.3.